The Morgan fingerprint density at radius 2 is 2.09 bits per heavy atom. The number of hydrogen-bond donors (Lipinski definition) is 1. The van der Waals surface area contributed by atoms with E-state index in [1.165, 1.54) is 31.1 Å². The number of aliphatic hydroxyl groups excluding tert-OH is 1. The number of aliphatic hydroxyl groups is 1. The van der Waals surface area contributed by atoms with Gasteiger partial charge in [0, 0.05) is 19.7 Å². The van der Waals surface area contributed by atoms with Crippen LogP contribution in [0.15, 0.2) is 29.2 Å². The lowest BCUT2D eigenvalue weighted by molar-refractivity contribution is -0.139. The maximum atomic E-state index is 12.9. The summed E-state index contributed by atoms with van der Waals surface area (Å²) in [5.41, 5.74) is 0. The molecule has 1 aliphatic rings. The van der Waals surface area contributed by atoms with Gasteiger partial charge in [-0.2, -0.15) is 4.31 Å². The molecule has 1 aromatic rings. The summed E-state index contributed by atoms with van der Waals surface area (Å²) < 4.78 is 31.9. The molecule has 7 nitrogen and oxygen atoms in total. The zero-order valence-corrected chi connectivity index (χ0v) is 13.6. The van der Waals surface area contributed by atoms with Crippen molar-refractivity contribution in [3.63, 3.8) is 0 Å². The molecule has 1 heterocycles. The van der Waals surface area contributed by atoms with Gasteiger partial charge in [0.1, 0.15) is 11.8 Å². The third kappa shape index (κ3) is 2.81. The molecule has 1 amide bonds. The van der Waals surface area contributed by atoms with Gasteiger partial charge < -0.3 is 14.7 Å². The van der Waals surface area contributed by atoms with Gasteiger partial charge in [0.05, 0.1) is 24.7 Å². The fraction of sp³-hybridized carbons (Fsp3) is 0.500. The van der Waals surface area contributed by atoms with Crippen LogP contribution in [-0.4, -0.2) is 68.0 Å². The van der Waals surface area contributed by atoms with Crippen molar-refractivity contribution >= 4 is 15.9 Å². The fourth-order valence-corrected chi connectivity index (χ4v) is 4.45. The Morgan fingerprint density at radius 1 is 1.41 bits per heavy atom. The van der Waals surface area contributed by atoms with Crippen LogP contribution in [0.1, 0.15) is 6.92 Å². The summed E-state index contributed by atoms with van der Waals surface area (Å²) in [6, 6.07) is 4.52. The van der Waals surface area contributed by atoms with E-state index in [0.717, 1.165) is 4.31 Å². The average molecular weight is 328 g/mol. The minimum absolute atomic E-state index is 0.0366. The third-order valence-electron chi connectivity index (χ3n) is 3.79. The molecule has 0 aliphatic carbocycles. The monoisotopic (exact) mass is 328 g/mol. The molecule has 8 heteroatoms. The second-order valence-corrected chi connectivity index (χ2v) is 7.09. The summed E-state index contributed by atoms with van der Waals surface area (Å²) in [5, 5.41) is 9.53. The van der Waals surface area contributed by atoms with Crippen LogP contribution < -0.4 is 4.74 Å². The lowest BCUT2D eigenvalue weighted by Crippen LogP contribution is -2.62. The van der Waals surface area contributed by atoms with E-state index in [1.54, 1.807) is 19.2 Å². The number of benzene rings is 1. The van der Waals surface area contributed by atoms with Crippen molar-refractivity contribution in [1.29, 1.82) is 0 Å². The predicted octanol–water partition coefficient (Wildman–Crippen LogP) is -0.0927. The number of likely N-dealkylation sites (N-methyl/N-ethyl adjacent to an activating group) is 1. The molecule has 0 saturated carbocycles. The highest BCUT2D eigenvalue weighted by atomic mass is 32.2. The number of rotatable bonds is 4. The molecule has 0 radical (unpaired) electrons. The summed E-state index contributed by atoms with van der Waals surface area (Å²) >= 11 is 0. The van der Waals surface area contributed by atoms with Gasteiger partial charge >= 0.3 is 0 Å². The van der Waals surface area contributed by atoms with Crippen LogP contribution in [0.5, 0.6) is 5.75 Å². The first-order valence-corrected chi connectivity index (χ1v) is 8.30. The average Bonchev–Trinajstić information content (AvgIpc) is 2.51. The summed E-state index contributed by atoms with van der Waals surface area (Å²) in [4.78, 5) is 13.6. The van der Waals surface area contributed by atoms with Crippen LogP contribution in [0, 0.1) is 0 Å². The largest absolute Gasteiger partial charge is 0.497 e. The fourth-order valence-electron chi connectivity index (χ4n) is 2.66. The number of hydrogen-bond acceptors (Lipinski definition) is 5. The molecule has 22 heavy (non-hydrogen) atoms. The first kappa shape index (κ1) is 16.7. The van der Waals surface area contributed by atoms with E-state index in [-0.39, 0.29) is 24.0 Å². The van der Waals surface area contributed by atoms with E-state index < -0.39 is 22.1 Å². The van der Waals surface area contributed by atoms with Crippen molar-refractivity contribution in [3.05, 3.63) is 24.3 Å². The lowest BCUT2D eigenvalue weighted by atomic mass is 10.1. The number of methoxy groups -OCH3 is 1. The molecule has 1 N–H and O–H groups in total. The zero-order chi connectivity index (χ0) is 16.5. The minimum Gasteiger partial charge on any atom is -0.497 e. The summed E-state index contributed by atoms with van der Waals surface area (Å²) in [7, 11) is -0.873. The van der Waals surface area contributed by atoms with Crippen molar-refractivity contribution in [3.8, 4) is 5.75 Å². The van der Waals surface area contributed by atoms with Crippen molar-refractivity contribution < 1.29 is 23.1 Å². The van der Waals surface area contributed by atoms with Crippen molar-refractivity contribution in [1.82, 2.24) is 9.21 Å². The third-order valence-corrected chi connectivity index (χ3v) is 5.81. The van der Waals surface area contributed by atoms with Gasteiger partial charge in [0.25, 0.3) is 0 Å². The smallest absolute Gasteiger partial charge is 0.244 e. The highest BCUT2D eigenvalue weighted by Gasteiger charge is 2.43. The van der Waals surface area contributed by atoms with Crippen molar-refractivity contribution in [2.24, 2.45) is 0 Å². The van der Waals surface area contributed by atoms with Crippen LogP contribution in [-0.2, 0) is 14.8 Å². The predicted molar refractivity (Wildman–Crippen MR) is 80.0 cm³/mol. The van der Waals surface area contributed by atoms with Gasteiger partial charge in [-0.1, -0.05) is 6.07 Å². The summed E-state index contributed by atoms with van der Waals surface area (Å²) in [6.07, 6.45) is 0. The molecule has 1 saturated heterocycles. The van der Waals surface area contributed by atoms with Crippen molar-refractivity contribution in [2.45, 2.75) is 23.9 Å². The Hall–Kier alpha value is -1.64. The molecule has 0 aromatic heterocycles. The SMILES string of the molecule is COc1cccc(S(=O)(=O)N2[C@@H](CO)CN(C)C(=O)[C@@H]2C)c1. The normalized spacial score (nSPS) is 23.6. The second kappa shape index (κ2) is 6.23. The van der Waals surface area contributed by atoms with Crippen LogP contribution in [0.4, 0.5) is 0 Å². The Balaban J connectivity index is 2.47. The molecular weight excluding hydrogens is 308 g/mol. The molecule has 0 unspecified atom stereocenters. The van der Waals surface area contributed by atoms with Crippen LogP contribution >= 0.6 is 0 Å². The van der Waals surface area contributed by atoms with E-state index in [0.29, 0.717) is 5.75 Å². The number of amides is 1. The van der Waals surface area contributed by atoms with E-state index >= 15 is 0 Å². The van der Waals surface area contributed by atoms with Gasteiger partial charge in [-0.3, -0.25) is 4.79 Å². The van der Waals surface area contributed by atoms with Crippen LogP contribution in [0.2, 0.25) is 0 Å². The number of nitrogens with zero attached hydrogens (tertiary/aromatic N) is 2. The van der Waals surface area contributed by atoms with Gasteiger partial charge in [0.2, 0.25) is 15.9 Å². The summed E-state index contributed by atoms with van der Waals surface area (Å²) in [6.45, 7) is 1.33. The number of ether oxygens (including phenoxy) is 1. The number of carbonyl (C=O) groups excluding carboxylic acids is 1. The molecule has 2 rings (SSSR count). The Morgan fingerprint density at radius 3 is 2.68 bits per heavy atom. The molecule has 122 valence electrons. The van der Waals surface area contributed by atoms with Gasteiger partial charge in [0.15, 0.2) is 0 Å². The standard InChI is InChI=1S/C14H20N2O5S/c1-10-14(18)15(2)8-11(9-17)16(10)22(19,20)13-6-4-5-12(7-13)21-3/h4-7,10-11,17H,8-9H2,1-3H3/t10-,11+/m0/s1. The highest BCUT2D eigenvalue weighted by Crippen LogP contribution is 2.27. The highest BCUT2D eigenvalue weighted by molar-refractivity contribution is 7.89. The minimum atomic E-state index is -3.92. The van der Waals surface area contributed by atoms with E-state index in [2.05, 4.69) is 0 Å². The molecule has 0 spiro atoms. The number of carbonyl (C=O) groups is 1. The molecule has 1 fully saturated rings. The Labute approximate surface area is 130 Å². The van der Waals surface area contributed by atoms with E-state index in [9.17, 15) is 18.3 Å². The van der Waals surface area contributed by atoms with Gasteiger partial charge in [-0.15, -0.1) is 0 Å². The molecule has 2 atom stereocenters. The maximum absolute atomic E-state index is 12.9. The van der Waals surface area contributed by atoms with Gasteiger partial charge in [-0.05, 0) is 19.1 Å². The van der Waals surface area contributed by atoms with Crippen molar-refractivity contribution in [2.75, 3.05) is 27.3 Å². The maximum Gasteiger partial charge on any atom is 0.244 e. The summed E-state index contributed by atoms with van der Waals surface area (Å²) in [5.74, 6) is 0.117. The molecule has 1 aromatic carbocycles. The number of piperazine rings is 1. The number of sulfonamides is 1. The first-order valence-electron chi connectivity index (χ1n) is 6.86. The van der Waals surface area contributed by atoms with Gasteiger partial charge in [-0.25, -0.2) is 8.42 Å². The van der Waals surface area contributed by atoms with Crippen LogP contribution in [0.25, 0.3) is 0 Å². The first-order chi connectivity index (χ1) is 10.3. The van der Waals surface area contributed by atoms with E-state index in [4.69, 9.17) is 4.74 Å². The Kier molecular flexibility index (Phi) is 4.74. The second-order valence-electron chi connectivity index (χ2n) is 5.25. The lowest BCUT2D eigenvalue weighted by Gasteiger charge is -2.41. The topological polar surface area (TPSA) is 87.2 Å². The molecule has 0 bridgehead atoms. The zero-order valence-electron chi connectivity index (χ0n) is 12.8. The van der Waals surface area contributed by atoms with Crippen LogP contribution in [0.3, 0.4) is 0 Å². The Bertz CT molecular complexity index is 661. The molecule has 1 aliphatic heterocycles. The molecular formula is C14H20N2O5S. The van der Waals surface area contributed by atoms with E-state index in [1.807, 2.05) is 0 Å². The quantitative estimate of drug-likeness (QED) is 0.834.